The second-order valence-corrected chi connectivity index (χ2v) is 6.75. The number of aryl methyl sites for hydroxylation is 1. The summed E-state index contributed by atoms with van der Waals surface area (Å²) in [5, 5.41) is 12.3. The van der Waals surface area contributed by atoms with E-state index in [4.69, 9.17) is 4.74 Å². The summed E-state index contributed by atoms with van der Waals surface area (Å²) in [6.07, 6.45) is 2.29. The molecular formula is C20H28N2O5. The first-order valence-electron chi connectivity index (χ1n) is 9.44. The standard InChI is InChI=1S/C20H28N2O5/c1-3-27-20(26)16(12-11-15-8-5-4-6-9-15)21-14(2)18(23)22-13-7-10-17(22)19(24)25/h4-6,8-9,14,16-17,21H,3,7,10-13H2,1-2H3,(H,24,25)/t14-,16+,17+/m0/s1. The Labute approximate surface area is 159 Å². The number of carbonyl (C=O) groups is 3. The first kappa shape index (κ1) is 20.9. The normalized spacial score (nSPS) is 18.7. The summed E-state index contributed by atoms with van der Waals surface area (Å²) in [6.45, 7) is 4.09. The molecule has 1 heterocycles. The monoisotopic (exact) mass is 376 g/mol. The van der Waals surface area contributed by atoms with Crippen LogP contribution in [0.25, 0.3) is 0 Å². The third kappa shape index (κ3) is 5.79. The van der Waals surface area contributed by atoms with Gasteiger partial charge in [-0.25, -0.2) is 4.79 Å². The molecule has 27 heavy (non-hydrogen) atoms. The predicted octanol–water partition coefficient (Wildman–Crippen LogP) is 1.60. The van der Waals surface area contributed by atoms with Crippen LogP contribution in [0.4, 0.5) is 0 Å². The van der Waals surface area contributed by atoms with Crippen molar-refractivity contribution < 1.29 is 24.2 Å². The van der Waals surface area contributed by atoms with Crippen molar-refractivity contribution in [3.8, 4) is 0 Å². The van der Waals surface area contributed by atoms with Gasteiger partial charge < -0.3 is 14.7 Å². The van der Waals surface area contributed by atoms with Gasteiger partial charge in [-0.3, -0.25) is 14.9 Å². The lowest BCUT2D eigenvalue weighted by Crippen LogP contribution is -2.53. The molecule has 0 bridgehead atoms. The summed E-state index contributed by atoms with van der Waals surface area (Å²) in [5.74, 6) is -1.68. The lowest BCUT2D eigenvalue weighted by Gasteiger charge is -2.27. The minimum absolute atomic E-state index is 0.262. The fourth-order valence-electron chi connectivity index (χ4n) is 3.38. The molecule has 1 aliphatic heterocycles. The molecule has 1 fully saturated rings. The second-order valence-electron chi connectivity index (χ2n) is 6.75. The Morgan fingerprint density at radius 3 is 2.63 bits per heavy atom. The smallest absolute Gasteiger partial charge is 0.326 e. The number of esters is 1. The topological polar surface area (TPSA) is 95.9 Å². The zero-order valence-corrected chi connectivity index (χ0v) is 15.9. The highest BCUT2D eigenvalue weighted by Gasteiger charge is 2.36. The van der Waals surface area contributed by atoms with E-state index in [0.29, 0.717) is 32.2 Å². The van der Waals surface area contributed by atoms with E-state index in [1.165, 1.54) is 4.90 Å². The summed E-state index contributed by atoms with van der Waals surface area (Å²) < 4.78 is 5.14. The predicted molar refractivity (Wildman–Crippen MR) is 100 cm³/mol. The fourth-order valence-corrected chi connectivity index (χ4v) is 3.38. The zero-order chi connectivity index (χ0) is 19.8. The van der Waals surface area contributed by atoms with E-state index in [2.05, 4.69) is 5.32 Å². The van der Waals surface area contributed by atoms with E-state index in [9.17, 15) is 19.5 Å². The van der Waals surface area contributed by atoms with E-state index >= 15 is 0 Å². The Hall–Kier alpha value is -2.41. The van der Waals surface area contributed by atoms with Crippen LogP contribution in [0, 0.1) is 0 Å². The highest BCUT2D eigenvalue weighted by Crippen LogP contribution is 2.19. The van der Waals surface area contributed by atoms with Gasteiger partial charge in [0.2, 0.25) is 5.91 Å². The minimum atomic E-state index is -0.987. The number of likely N-dealkylation sites (tertiary alicyclic amines) is 1. The minimum Gasteiger partial charge on any atom is -0.480 e. The number of aliphatic carboxylic acids is 1. The zero-order valence-electron chi connectivity index (χ0n) is 15.9. The number of hydrogen-bond acceptors (Lipinski definition) is 5. The molecule has 0 radical (unpaired) electrons. The first-order chi connectivity index (χ1) is 12.9. The third-order valence-electron chi connectivity index (χ3n) is 4.78. The van der Waals surface area contributed by atoms with Gasteiger partial charge >= 0.3 is 11.9 Å². The Balaban J connectivity index is 2.01. The Bertz CT molecular complexity index is 649. The molecule has 0 saturated carbocycles. The molecule has 7 heteroatoms. The molecule has 7 nitrogen and oxygen atoms in total. The van der Waals surface area contributed by atoms with Crippen LogP contribution in [0.3, 0.4) is 0 Å². The van der Waals surface area contributed by atoms with Crippen LogP contribution in [0.2, 0.25) is 0 Å². The lowest BCUT2D eigenvalue weighted by atomic mass is 10.0. The summed E-state index contributed by atoms with van der Waals surface area (Å²) in [7, 11) is 0. The van der Waals surface area contributed by atoms with Crippen LogP contribution < -0.4 is 5.32 Å². The third-order valence-corrected chi connectivity index (χ3v) is 4.78. The van der Waals surface area contributed by atoms with Gasteiger partial charge in [-0.05, 0) is 45.1 Å². The molecule has 1 aromatic rings. The van der Waals surface area contributed by atoms with E-state index in [1.54, 1.807) is 13.8 Å². The van der Waals surface area contributed by atoms with Gasteiger partial charge in [0.1, 0.15) is 12.1 Å². The number of carboxylic acids is 1. The number of carbonyl (C=O) groups excluding carboxylic acids is 2. The number of hydrogen-bond donors (Lipinski definition) is 2. The van der Waals surface area contributed by atoms with E-state index in [-0.39, 0.29) is 12.5 Å². The number of benzene rings is 1. The van der Waals surface area contributed by atoms with Crippen LogP contribution in [0.1, 0.15) is 38.7 Å². The summed E-state index contributed by atoms with van der Waals surface area (Å²) in [4.78, 5) is 37.7. The molecule has 1 aliphatic rings. The molecule has 0 spiro atoms. The second kappa shape index (κ2) is 10.1. The maximum atomic E-state index is 12.7. The lowest BCUT2D eigenvalue weighted by molar-refractivity contribution is -0.150. The molecule has 3 atom stereocenters. The maximum absolute atomic E-state index is 12.7. The maximum Gasteiger partial charge on any atom is 0.326 e. The molecule has 1 amide bonds. The van der Waals surface area contributed by atoms with Crippen molar-refractivity contribution in [3.63, 3.8) is 0 Å². The van der Waals surface area contributed by atoms with E-state index in [0.717, 1.165) is 5.56 Å². The van der Waals surface area contributed by atoms with Crippen LogP contribution in [-0.2, 0) is 25.5 Å². The molecule has 148 valence electrons. The molecule has 1 saturated heterocycles. The van der Waals surface area contributed by atoms with Gasteiger partial charge in [-0.2, -0.15) is 0 Å². The number of carboxylic acid groups (broad SMARTS) is 1. The Kier molecular flexibility index (Phi) is 7.79. The Morgan fingerprint density at radius 2 is 2.00 bits per heavy atom. The van der Waals surface area contributed by atoms with Gasteiger partial charge in [-0.15, -0.1) is 0 Å². The van der Waals surface area contributed by atoms with Crippen molar-refractivity contribution in [2.24, 2.45) is 0 Å². The summed E-state index contributed by atoms with van der Waals surface area (Å²) in [5.41, 5.74) is 1.10. The average molecular weight is 376 g/mol. The molecule has 2 N–H and O–H groups in total. The molecular weight excluding hydrogens is 348 g/mol. The van der Waals surface area contributed by atoms with Gasteiger partial charge in [0.05, 0.1) is 12.6 Å². The summed E-state index contributed by atoms with van der Waals surface area (Å²) >= 11 is 0. The van der Waals surface area contributed by atoms with Crippen molar-refractivity contribution >= 4 is 17.8 Å². The molecule has 0 aliphatic carbocycles. The quantitative estimate of drug-likeness (QED) is 0.636. The highest BCUT2D eigenvalue weighted by atomic mass is 16.5. The molecule has 0 aromatic heterocycles. The SMILES string of the molecule is CCOC(=O)[C@@H](CCc1ccccc1)N[C@@H](C)C(=O)N1CCC[C@@H]1C(=O)O. The van der Waals surface area contributed by atoms with Crippen molar-refractivity contribution in [2.75, 3.05) is 13.2 Å². The van der Waals surface area contributed by atoms with Crippen LogP contribution >= 0.6 is 0 Å². The van der Waals surface area contributed by atoms with Crippen molar-refractivity contribution in [1.29, 1.82) is 0 Å². The van der Waals surface area contributed by atoms with Gasteiger partial charge in [0, 0.05) is 6.54 Å². The number of nitrogens with one attached hydrogen (secondary N) is 1. The van der Waals surface area contributed by atoms with E-state index < -0.39 is 30.1 Å². The van der Waals surface area contributed by atoms with Crippen molar-refractivity contribution in [2.45, 2.75) is 57.7 Å². The average Bonchev–Trinajstić information content (AvgIpc) is 3.15. The van der Waals surface area contributed by atoms with Crippen molar-refractivity contribution in [3.05, 3.63) is 35.9 Å². The number of nitrogens with zero attached hydrogens (tertiary/aromatic N) is 1. The number of amides is 1. The van der Waals surface area contributed by atoms with Gasteiger partial charge in [-0.1, -0.05) is 30.3 Å². The van der Waals surface area contributed by atoms with Crippen molar-refractivity contribution in [1.82, 2.24) is 10.2 Å². The Morgan fingerprint density at radius 1 is 1.30 bits per heavy atom. The van der Waals surface area contributed by atoms with E-state index in [1.807, 2.05) is 30.3 Å². The highest BCUT2D eigenvalue weighted by molar-refractivity contribution is 5.88. The number of rotatable bonds is 9. The molecule has 2 rings (SSSR count). The summed E-state index contributed by atoms with van der Waals surface area (Å²) in [6, 6.07) is 7.69. The van der Waals surface area contributed by atoms with Crippen LogP contribution in [0.5, 0.6) is 0 Å². The number of ether oxygens (including phenoxy) is 1. The van der Waals surface area contributed by atoms with Gasteiger partial charge in [0.25, 0.3) is 0 Å². The van der Waals surface area contributed by atoms with Gasteiger partial charge in [0.15, 0.2) is 0 Å². The molecule has 0 unspecified atom stereocenters. The fraction of sp³-hybridized carbons (Fsp3) is 0.550. The largest absolute Gasteiger partial charge is 0.480 e. The van der Waals surface area contributed by atoms with Crippen LogP contribution in [0.15, 0.2) is 30.3 Å². The molecule has 1 aromatic carbocycles. The van der Waals surface area contributed by atoms with Crippen LogP contribution in [-0.4, -0.2) is 59.1 Å². The first-order valence-corrected chi connectivity index (χ1v) is 9.44.